The molecule has 0 saturated heterocycles. The van der Waals surface area contributed by atoms with Gasteiger partial charge in [-0.1, -0.05) is 31.5 Å². The third-order valence-corrected chi connectivity index (χ3v) is 2.75. The van der Waals surface area contributed by atoms with Gasteiger partial charge in [0.25, 0.3) is 0 Å². The summed E-state index contributed by atoms with van der Waals surface area (Å²) in [6.45, 7) is 3.89. The Balaban J connectivity index is 2.65. The van der Waals surface area contributed by atoms with Crippen molar-refractivity contribution in [2.45, 2.75) is 45.3 Å². The molecular weight excluding hydrogens is 255 g/mol. The second kappa shape index (κ2) is 6.59. The van der Waals surface area contributed by atoms with Crippen LogP contribution in [-0.2, 0) is 17.4 Å². The molecule has 5 heteroatoms. The molecule has 1 amide bonds. The van der Waals surface area contributed by atoms with Crippen molar-refractivity contribution in [1.82, 2.24) is 5.32 Å². The normalized spacial score (nSPS) is 13.1. The maximum absolute atomic E-state index is 12.5. The van der Waals surface area contributed by atoms with Crippen LogP contribution in [0.3, 0.4) is 0 Å². The summed E-state index contributed by atoms with van der Waals surface area (Å²) >= 11 is 0. The highest BCUT2D eigenvalue weighted by Gasteiger charge is 2.30. The first-order valence-electron chi connectivity index (χ1n) is 6.28. The molecule has 0 fully saturated rings. The Labute approximate surface area is 111 Å². The molecule has 1 N–H and O–H groups in total. The summed E-state index contributed by atoms with van der Waals surface area (Å²) in [6.07, 6.45) is -2.60. The van der Waals surface area contributed by atoms with E-state index in [0.717, 1.165) is 25.0 Å². The van der Waals surface area contributed by atoms with Crippen LogP contribution in [0, 0.1) is 0 Å². The quantitative estimate of drug-likeness (QED) is 0.873. The van der Waals surface area contributed by atoms with Crippen LogP contribution in [0.15, 0.2) is 24.3 Å². The molecular formula is C14H18F3NO. The van der Waals surface area contributed by atoms with Gasteiger partial charge in [0.1, 0.15) is 0 Å². The third-order valence-electron chi connectivity index (χ3n) is 2.75. The lowest BCUT2D eigenvalue weighted by atomic mass is 10.1. The Morgan fingerprint density at radius 2 is 2.05 bits per heavy atom. The average Bonchev–Trinajstić information content (AvgIpc) is 2.28. The highest BCUT2D eigenvalue weighted by atomic mass is 19.4. The third kappa shape index (κ3) is 5.32. The molecule has 0 aliphatic heterocycles. The summed E-state index contributed by atoms with van der Waals surface area (Å²) in [5.74, 6) is -0.250. The van der Waals surface area contributed by atoms with E-state index in [0.29, 0.717) is 5.56 Å². The second-order valence-corrected chi connectivity index (χ2v) is 4.63. The zero-order chi connectivity index (χ0) is 14.5. The van der Waals surface area contributed by atoms with E-state index in [1.807, 2.05) is 13.8 Å². The van der Waals surface area contributed by atoms with Gasteiger partial charge in [0.05, 0.1) is 12.0 Å². The summed E-state index contributed by atoms with van der Waals surface area (Å²) in [5.41, 5.74) is -0.351. The zero-order valence-electron chi connectivity index (χ0n) is 11.1. The fraction of sp³-hybridized carbons (Fsp3) is 0.500. The minimum absolute atomic E-state index is 0.0298. The summed E-state index contributed by atoms with van der Waals surface area (Å²) in [4.78, 5) is 11.7. The summed E-state index contributed by atoms with van der Waals surface area (Å²) in [6, 6.07) is 4.91. The molecule has 0 aromatic heterocycles. The van der Waals surface area contributed by atoms with E-state index < -0.39 is 11.7 Å². The number of amides is 1. The highest BCUT2D eigenvalue weighted by Crippen LogP contribution is 2.29. The van der Waals surface area contributed by atoms with Gasteiger partial charge in [0.15, 0.2) is 0 Å². The molecule has 0 saturated carbocycles. The van der Waals surface area contributed by atoms with Crippen molar-refractivity contribution in [3.63, 3.8) is 0 Å². The second-order valence-electron chi connectivity index (χ2n) is 4.63. The van der Waals surface area contributed by atoms with Crippen LogP contribution in [0.1, 0.15) is 37.8 Å². The number of halogens is 3. The Morgan fingerprint density at radius 3 is 2.63 bits per heavy atom. The molecule has 2 nitrogen and oxygen atoms in total. The predicted molar refractivity (Wildman–Crippen MR) is 67.7 cm³/mol. The molecule has 1 rings (SSSR count). The molecule has 0 bridgehead atoms. The number of rotatable bonds is 5. The van der Waals surface area contributed by atoms with Crippen molar-refractivity contribution in [3.8, 4) is 0 Å². The monoisotopic (exact) mass is 273 g/mol. The van der Waals surface area contributed by atoms with Gasteiger partial charge in [-0.15, -0.1) is 0 Å². The first kappa shape index (κ1) is 15.5. The van der Waals surface area contributed by atoms with E-state index >= 15 is 0 Å². The Bertz CT molecular complexity index is 429. The highest BCUT2D eigenvalue weighted by molar-refractivity contribution is 5.78. The molecule has 106 valence electrons. The average molecular weight is 273 g/mol. The number of hydrogen-bond acceptors (Lipinski definition) is 1. The first-order chi connectivity index (χ1) is 8.82. The van der Waals surface area contributed by atoms with Gasteiger partial charge in [-0.25, -0.2) is 0 Å². The van der Waals surface area contributed by atoms with Crippen molar-refractivity contribution in [1.29, 1.82) is 0 Å². The number of nitrogens with one attached hydrogen (secondary N) is 1. The molecule has 0 heterocycles. The van der Waals surface area contributed by atoms with Crippen molar-refractivity contribution in [2.24, 2.45) is 0 Å². The molecule has 0 aliphatic carbocycles. The van der Waals surface area contributed by atoms with Crippen LogP contribution < -0.4 is 5.32 Å². The van der Waals surface area contributed by atoms with E-state index in [1.165, 1.54) is 12.1 Å². The zero-order valence-corrected chi connectivity index (χ0v) is 11.1. The lowest BCUT2D eigenvalue weighted by molar-refractivity contribution is -0.137. The SMILES string of the molecule is CCC[C@@H](C)NC(=O)Cc1cccc(C(F)(F)F)c1. The minimum atomic E-state index is -4.37. The maximum Gasteiger partial charge on any atom is 0.416 e. The van der Waals surface area contributed by atoms with E-state index in [9.17, 15) is 18.0 Å². The van der Waals surface area contributed by atoms with Gasteiger partial charge in [0.2, 0.25) is 5.91 Å². The Hall–Kier alpha value is -1.52. The van der Waals surface area contributed by atoms with Gasteiger partial charge < -0.3 is 5.32 Å². The summed E-state index contributed by atoms with van der Waals surface area (Å²) in [7, 11) is 0. The molecule has 0 aliphatic rings. The molecule has 1 aromatic rings. The van der Waals surface area contributed by atoms with E-state index in [2.05, 4.69) is 5.32 Å². The van der Waals surface area contributed by atoms with Crippen LogP contribution in [0.4, 0.5) is 13.2 Å². The van der Waals surface area contributed by atoms with Crippen LogP contribution in [0.2, 0.25) is 0 Å². The Morgan fingerprint density at radius 1 is 1.37 bits per heavy atom. The van der Waals surface area contributed by atoms with Crippen molar-refractivity contribution >= 4 is 5.91 Å². The number of carbonyl (C=O) groups is 1. The van der Waals surface area contributed by atoms with Gasteiger partial charge in [-0.2, -0.15) is 13.2 Å². The molecule has 19 heavy (non-hydrogen) atoms. The standard InChI is InChI=1S/C14H18F3NO/c1-3-5-10(2)18-13(19)9-11-6-4-7-12(8-11)14(15,16)17/h4,6-8,10H,3,5,9H2,1-2H3,(H,18,19)/t10-/m1/s1. The molecule has 0 spiro atoms. The van der Waals surface area contributed by atoms with Gasteiger partial charge >= 0.3 is 6.18 Å². The summed E-state index contributed by atoms with van der Waals surface area (Å²) < 4.78 is 37.5. The number of carbonyl (C=O) groups excluding carboxylic acids is 1. The van der Waals surface area contributed by atoms with E-state index in [1.54, 1.807) is 0 Å². The van der Waals surface area contributed by atoms with Crippen molar-refractivity contribution in [2.75, 3.05) is 0 Å². The largest absolute Gasteiger partial charge is 0.416 e. The Kier molecular flexibility index (Phi) is 5.39. The smallest absolute Gasteiger partial charge is 0.353 e. The van der Waals surface area contributed by atoms with E-state index in [4.69, 9.17) is 0 Å². The molecule has 0 radical (unpaired) electrons. The van der Waals surface area contributed by atoms with Crippen molar-refractivity contribution < 1.29 is 18.0 Å². The minimum Gasteiger partial charge on any atom is -0.353 e. The number of alkyl halides is 3. The predicted octanol–water partition coefficient (Wildman–Crippen LogP) is 3.55. The van der Waals surface area contributed by atoms with E-state index in [-0.39, 0.29) is 18.4 Å². The fourth-order valence-electron chi connectivity index (χ4n) is 1.87. The van der Waals surface area contributed by atoms with Crippen molar-refractivity contribution in [3.05, 3.63) is 35.4 Å². The van der Waals surface area contributed by atoms with Gasteiger partial charge in [0, 0.05) is 6.04 Å². The lowest BCUT2D eigenvalue weighted by Crippen LogP contribution is -2.33. The van der Waals surface area contributed by atoms with Gasteiger partial charge in [-0.3, -0.25) is 4.79 Å². The number of hydrogen-bond donors (Lipinski definition) is 1. The summed E-state index contributed by atoms with van der Waals surface area (Å²) in [5, 5.41) is 2.77. The maximum atomic E-state index is 12.5. The van der Waals surface area contributed by atoms with Crippen LogP contribution in [-0.4, -0.2) is 11.9 Å². The van der Waals surface area contributed by atoms with Crippen LogP contribution >= 0.6 is 0 Å². The lowest BCUT2D eigenvalue weighted by Gasteiger charge is -2.13. The molecule has 1 aromatic carbocycles. The molecule has 1 atom stereocenters. The fourth-order valence-corrected chi connectivity index (χ4v) is 1.87. The van der Waals surface area contributed by atoms with Gasteiger partial charge in [-0.05, 0) is 25.0 Å². The molecule has 0 unspecified atom stereocenters. The topological polar surface area (TPSA) is 29.1 Å². The first-order valence-corrected chi connectivity index (χ1v) is 6.28. The van der Waals surface area contributed by atoms with Crippen LogP contribution in [0.25, 0.3) is 0 Å². The van der Waals surface area contributed by atoms with Crippen LogP contribution in [0.5, 0.6) is 0 Å². The number of benzene rings is 1.